The zero-order valence-electron chi connectivity index (χ0n) is 7.77. The van der Waals surface area contributed by atoms with E-state index in [9.17, 15) is 8.42 Å². The number of hydrogen-bond acceptors (Lipinski definition) is 3. The summed E-state index contributed by atoms with van der Waals surface area (Å²) in [7, 11) is -3.66. The van der Waals surface area contributed by atoms with Crippen LogP contribution in [0.15, 0.2) is 24.3 Å². The Bertz CT molecular complexity index is 399. The van der Waals surface area contributed by atoms with Gasteiger partial charge in [-0.3, -0.25) is 0 Å². The van der Waals surface area contributed by atoms with E-state index in [-0.39, 0.29) is 6.04 Å². The number of benzene rings is 1. The van der Waals surface area contributed by atoms with Crippen LogP contribution in [-0.2, 0) is 10.2 Å². The third-order valence-electron chi connectivity index (χ3n) is 1.78. The Hall–Kier alpha value is -1.11. The summed E-state index contributed by atoms with van der Waals surface area (Å²) in [4.78, 5) is 0. The second-order valence-electron chi connectivity index (χ2n) is 3.05. The quantitative estimate of drug-likeness (QED) is 0.625. The van der Waals surface area contributed by atoms with E-state index in [4.69, 9.17) is 10.9 Å². The number of nitrogens with one attached hydrogen (secondary N) is 1. The van der Waals surface area contributed by atoms with Gasteiger partial charge in [0.05, 0.1) is 0 Å². The van der Waals surface area contributed by atoms with Gasteiger partial charge in [0.25, 0.3) is 10.2 Å². The van der Waals surface area contributed by atoms with Crippen LogP contribution in [0, 0.1) is 0 Å². The minimum Gasteiger partial charge on any atom is -0.399 e. The summed E-state index contributed by atoms with van der Waals surface area (Å²) in [6.07, 6.45) is 0. The van der Waals surface area contributed by atoms with E-state index in [1.54, 1.807) is 31.2 Å². The Labute approximate surface area is 83.3 Å². The van der Waals surface area contributed by atoms with Crippen molar-refractivity contribution in [1.82, 2.24) is 4.72 Å². The molecular weight excluding hydrogens is 202 g/mol. The van der Waals surface area contributed by atoms with Crippen LogP contribution in [0.4, 0.5) is 5.69 Å². The lowest BCUT2D eigenvalue weighted by molar-refractivity contribution is 0.568. The molecule has 0 spiro atoms. The Kier molecular flexibility index (Phi) is 3.10. The molecule has 0 saturated heterocycles. The van der Waals surface area contributed by atoms with Gasteiger partial charge in [0, 0.05) is 11.7 Å². The third-order valence-corrected chi connectivity index (χ3v) is 2.46. The first-order chi connectivity index (χ1) is 6.38. The highest BCUT2D eigenvalue weighted by atomic mass is 32.2. The molecule has 0 aromatic heterocycles. The van der Waals surface area contributed by atoms with Gasteiger partial charge in [-0.05, 0) is 24.6 Å². The Morgan fingerprint density at radius 2 is 1.79 bits per heavy atom. The second kappa shape index (κ2) is 3.95. The molecule has 0 radical (unpaired) electrons. The summed E-state index contributed by atoms with van der Waals surface area (Å²) in [6, 6.07) is 6.55. The highest BCUT2D eigenvalue weighted by molar-refractivity contribution is 7.87. The Balaban J connectivity index is 2.80. The number of nitrogen functional groups attached to an aromatic ring is 1. The standard InChI is InChI=1S/C8H13N3O2S/c1-6(11-14(10,12)13)7-2-4-8(9)5-3-7/h2-6,11H,9H2,1H3,(H2,10,12,13). The van der Waals surface area contributed by atoms with E-state index in [2.05, 4.69) is 4.72 Å². The number of rotatable bonds is 3. The topological polar surface area (TPSA) is 98.2 Å². The molecule has 5 nitrogen and oxygen atoms in total. The Morgan fingerprint density at radius 3 is 2.21 bits per heavy atom. The summed E-state index contributed by atoms with van der Waals surface area (Å²) in [5, 5.41) is 4.84. The molecular formula is C8H13N3O2S. The molecule has 6 heteroatoms. The average molecular weight is 215 g/mol. The molecule has 0 aliphatic rings. The van der Waals surface area contributed by atoms with Gasteiger partial charge in [-0.15, -0.1) is 0 Å². The van der Waals surface area contributed by atoms with E-state index >= 15 is 0 Å². The SMILES string of the molecule is CC(NS(N)(=O)=O)c1ccc(N)cc1. The molecule has 1 rings (SSSR count). The number of nitrogens with two attached hydrogens (primary N) is 2. The molecule has 0 aliphatic heterocycles. The first-order valence-electron chi connectivity index (χ1n) is 4.04. The summed E-state index contributed by atoms with van der Waals surface area (Å²) in [5.41, 5.74) is 6.94. The van der Waals surface area contributed by atoms with E-state index in [1.165, 1.54) is 0 Å². The number of anilines is 1. The lowest BCUT2D eigenvalue weighted by atomic mass is 10.1. The molecule has 0 heterocycles. The summed E-state index contributed by atoms with van der Waals surface area (Å²) in [6.45, 7) is 1.70. The van der Waals surface area contributed by atoms with Gasteiger partial charge in [0.1, 0.15) is 0 Å². The third kappa shape index (κ3) is 3.33. The number of hydrogen-bond donors (Lipinski definition) is 3. The van der Waals surface area contributed by atoms with Crippen molar-refractivity contribution in [1.29, 1.82) is 0 Å². The fourth-order valence-electron chi connectivity index (χ4n) is 1.10. The lowest BCUT2D eigenvalue weighted by Gasteiger charge is -2.11. The van der Waals surface area contributed by atoms with Crippen LogP contribution in [0.25, 0.3) is 0 Å². The van der Waals surface area contributed by atoms with Crippen LogP contribution in [0.5, 0.6) is 0 Å². The second-order valence-corrected chi connectivity index (χ2v) is 4.38. The summed E-state index contributed by atoms with van der Waals surface area (Å²) in [5.74, 6) is 0. The van der Waals surface area contributed by atoms with Crippen molar-refractivity contribution < 1.29 is 8.42 Å². The molecule has 78 valence electrons. The molecule has 1 aromatic rings. The predicted octanol–water partition coefficient (Wildman–Crippen LogP) is 0.123. The van der Waals surface area contributed by atoms with E-state index in [1.807, 2.05) is 0 Å². The maximum Gasteiger partial charge on any atom is 0.274 e. The fraction of sp³-hybridized carbons (Fsp3) is 0.250. The van der Waals surface area contributed by atoms with Crippen LogP contribution < -0.4 is 15.6 Å². The van der Waals surface area contributed by atoms with Crippen LogP contribution >= 0.6 is 0 Å². The van der Waals surface area contributed by atoms with Crippen LogP contribution in [0.2, 0.25) is 0 Å². The van der Waals surface area contributed by atoms with Crippen molar-refractivity contribution in [2.24, 2.45) is 5.14 Å². The molecule has 0 fully saturated rings. The lowest BCUT2D eigenvalue weighted by Crippen LogP contribution is -2.32. The Morgan fingerprint density at radius 1 is 1.29 bits per heavy atom. The van der Waals surface area contributed by atoms with Gasteiger partial charge in [0.2, 0.25) is 0 Å². The monoisotopic (exact) mass is 215 g/mol. The minimum atomic E-state index is -3.66. The zero-order chi connectivity index (χ0) is 10.8. The molecule has 0 aliphatic carbocycles. The van der Waals surface area contributed by atoms with Gasteiger partial charge >= 0.3 is 0 Å². The molecule has 1 aromatic carbocycles. The van der Waals surface area contributed by atoms with E-state index < -0.39 is 10.2 Å². The van der Waals surface area contributed by atoms with Crippen LogP contribution in [0.1, 0.15) is 18.5 Å². The van der Waals surface area contributed by atoms with Crippen molar-refractivity contribution in [3.8, 4) is 0 Å². The molecule has 1 unspecified atom stereocenters. The highest BCUT2D eigenvalue weighted by Crippen LogP contribution is 2.14. The van der Waals surface area contributed by atoms with Crippen molar-refractivity contribution in [2.75, 3.05) is 5.73 Å². The molecule has 0 saturated carbocycles. The maximum absolute atomic E-state index is 10.7. The summed E-state index contributed by atoms with van der Waals surface area (Å²) < 4.78 is 23.7. The fourth-order valence-corrected chi connectivity index (χ4v) is 1.73. The van der Waals surface area contributed by atoms with Gasteiger partial charge in [-0.1, -0.05) is 12.1 Å². The molecule has 0 bridgehead atoms. The normalized spacial score (nSPS) is 13.9. The largest absolute Gasteiger partial charge is 0.399 e. The minimum absolute atomic E-state index is 0.356. The van der Waals surface area contributed by atoms with Crippen molar-refractivity contribution >= 4 is 15.9 Å². The van der Waals surface area contributed by atoms with Crippen LogP contribution in [0.3, 0.4) is 0 Å². The van der Waals surface area contributed by atoms with Gasteiger partial charge in [0.15, 0.2) is 0 Å². The van der Waals surface area contributed by atoms with Crippen molar-refractivity contribution in [3.05, 3.63) is 29.8 Å². The van der Waals surface area contributed by atoms with Crippen LogP contribution in [-0.4, -0.2) is 8.42 Å². The first-order valence-corrected chi connectivity index (χ1v) is 5.58. The maximum atomic E-state index is 10.7. The van der Waals surface area contributed by atoms with Gasteiger partial charge in [-0.2, -0.15) is 13.1 Å². The molecule has 5 N–H and O–H groups in total. The smallest absolute Gasteiger partial charge is 0.274 e. The van der Waals surface area contributed by atoms with Crippen molar-refractivity contribution in [3.63, 3.8) is 0 Å². The van der Waals surface area contributed by atoms with Gasteiger partial charge in [-0.25, -0.2) is 5.14 Å². The molecule has 1 atom stereocenters. The molecule has 14 heavy (non-hydrogen) atoms. The predicted molar refractivity (Wildman–Crippen MR) is 55.5 cm³/mol. The average Bonchev–Trinajstić information content (AvgIpc) is 2.02. The van der Waals surface area contributed by atoms with Crippen molar-refractivity contribution in [2.45, 2.75) is 13.0 Å². The first kappa shape index (κ1) is 11.0. The zero-order valence-corrected chi connectivity index (χ0v) is 8.58. The van der Waals surface area contributed by atoms with E-state index in [0.717, 1.165) is 5.56 Å². The summed E-state index contributed by atoms with van der Waals surface area (Å²) >= 11 is 0. The highest BCUT2D eigenvalue weighted by Gasteiger charge is 2.10. The van der Waals surface area contributed by atoms with Gasteiger partial charge < -0.3 is 5.73 Å². The molecule has 0 amide bonds. The van der Waals surface area contributed by atoms with E-state index in [0.29, 0.717) is 5.69 Å².